The van der Waals surface area contributed by atoms with Crippen molar-refractivity contribution in [3.05, 3.63) is 0 Å². The van der Waals surface area contributed by atoms with Crippen LogP contribution in [0.3, 0.4) is 0 Å². The molecule has 0 spiro atoms. The highest BCUT2D eigenvalue weighted by molar-refractivity contribution is 6.43. The van der Waals surface area contributed by atoms with Gasteiger partial charge in [0.15, 0.2) is 0 Å². The van der Waals surface area contributed by atoms with Gasteiger partial charge in [-0.3, -0.25) is 0 Å². The SMILES string of the molecule is CC(C)N1CCC(B(O)O)CC1. The molecule has 1 saturated heterocycles. The molecule has 0 radical (unpaired) electrons. The molecule has 1 fully saturated rings. The molecule has 0 aliphatic carbocycles. The van der Waals surface area contributed by atoms with Crippen LogP contribution in [0.5, 0.6) is 0 Å². The fourth-order valence-corrected chi connectivity index (χ4v) is 1.73. The molecule has 0 aromatic rings. The molecule has 0 saturated carbocycles. The van der Waals surface area contributed by atoms with Crippen LogP contribution in [0, 0.1) is 0 Å². The van der Waals surface area contributed by atoms with Crippen molar-refractivity contribution in [2.75, 3.05) is 13.1 Å². The highest BCUT2D eigenvalue weighted by Gasteiger charge is 2.28. The van der Waals surface area contributed by atoms with Crippen LogP contribution in [0.15, 0.2) is 0 Å². The molecule has 0 atom stereocenters. The van der Waals surface area contributed by atoms with Crippen molar-refractivity contribution in [3.8, 4) is 0 Å². The summed E-state index contributed by atoms with van der Waals surface area (Å²) in [7, 11) is -1.11. The van der Waals surface area contributed by atoms with Crippen molar-refractivity contribution in [2.45, 2.75) is 38.5 Å². The van der Waals surface area contributed by atoms with Crippen LogP contribution in [0.4, 0.5) is 0 Å². The maximum absolute atomic E-state index is 8.94. The second-order valence-corrected chi connectivity index (χ2v) is 3.88. The molecule has 1 heterocycles. The van der Waals surface area contributed by atoms with Gasteiger partial charge in [0.05, 0.1) is 0 Å². The average Bonchev–Trinajstić information content (AvgIpc) is 2.04. The lowest BCUT2D eigenvalue weighted by Crippen LogP contribution is -2.40. The third kappa shape index (κ3) is 2.47. The number of rotatable bonds is 2. The zero-order valence-electron chi connectivity index (χ0n) is 7.90. The number of hydrogen-bond donors (Lipinski definition) is 2. The van der Waals surface area contributed by atoms with E-state index in [4.69, 9.17) is 10.0 Å². The van der Waals surface area contributed by atoms with Gasteiger partial charge in [0.2, 0.25) is 0 Å². The standard InChI is InChI=1S/C8H18BNO2/c1-7(2)10-5-3-8(4-6-10)9(11)12/h7-8,11-12H,3-6H2,1-2H3. The highest BCUT2D eigenvalue weighted by atomic mass is 16.4. The molecular formula is C8H18BNO2. The maximum atomic E-state index is 8.94. The van der Waals surface area contributed by atoms with Crippen molar-refractivity contribution < 1.29 is 10.0 Å². The van der Waals surface area contributed by atoms with Crippen LogP contribution in [0.1, 0.15) is 26.7 Å². The molecule has 0 amide bonds. The summed E-state index contributed by atoms with van der Waals surface area (Å²) in [5.41, 5.74) is 0. The molecule has 12 heavy (non-hydrogen) atoms. The monoisotopic (exact) mass is 171 g/mol. The van der Waals surface area contributed by atoms with E-state index in [1.807, 2.05) is 0 Å². The van der Waals surface area contributed by atoms with E-state index in [-0.39, 0.29) is 5.82 Å². The maximum Gasteiger partial charge on any atom is 0.454 e. The van der Waals surface area contributed by atoms with Crippen molar-refractivity contribution >= 4 is 7.12 Å². The number of likely N-dealkylation sites (tertiary alicyclic amines) is 1. The van der Waals surface area contributed by atoms with E-state index in [2.05, 4.69) is 18.7 Å². The van der Waals surface area contributed by atoms with E-state index in [0.717, 1.165) is 25.9 Å². The van der Waals surface area contributed by atoms with Crippen molar-refractivity contribution in [1.29, 1.82) is 0 Å². The Kier molecular flexibility index (Phi) is 3.56. The normalized spacial score (nSPS) is 21.8. The Morgan fingerprint density at radius 2 is 1.75 bits per heavy atom. The zero-order valence-corrected chi connectivity index (χ0v) is 7.90. The molecule has 2 N–H and O–H groups in total. The molecule has 3 nitrogen and oxygen atoms in total. The topological polar surface area (TPSA) is 43.7 Å². The Hall–Kier alpha value is -0.0551. The van der Waals surface area contributed by atoms with Gasteiger partial charge in [-0.05, 0) is 45.6 Å². The third-order valence-electron chi connectivity index (χ3n) is 2.73. The van der Waals surface area contributed by atoms with Gasteiger partial charge in [-0.15, -0.1) is 0 Å². The van der Waals surface area contributed by atoms with Gasteiger partial charge >= 0.3 is 7.12 Å². The summed E-state index contributed by atoms with van der Waals surface area (Å²) in [5, 5.41) is 17.9. The van der Waals surface area contributed by atoms with Gasteiger partial charge in [0.1, 0.15) is 0 Å². The second-order valence-electron chi connectivity index (χ2n) is 3.88. The van der Waals surface area contributed by atoms with E-state index in [9.17, 15) is 0 Å². The fraction of sp³-hybridized carbons (Fsp3) is 1.00. The van der Waals surface area contributed by atoms with Gasteiger partial charge in [0.25, 0.3) is 0 Å². The van der Waals surface area contributed by atoms with Crippen LogP contribution < -0.4 is 0 Å². The molecule has 0 aromatic carbocycles. The predicted molar refractivity (Wildman–Crippen MR) is 49.9 cm³/mol. The van der Waals surface area contributed by atoms with Gasteiger partial charge < -0.3 is 14.9 Å². The minimum absolute atomic E-state index is 0.0972. The lowest BCUT2D eigenvalue weighted by Gasteiger charge is -2.34. The van der Waals surface area contributed by atoms with E-state index in [1.54, 1.807) is 0 Å². The second kappa shape index (κ2) is 4.26. The third-order valence-corrected chi connectivity index (χ3v) is 2.73. The summed E-state index contributed by atoms with van der Waals surface area (Å²) >= 11 is 0. The minimum Gasteiger partial charge on any atom is -0.427 e. The van der Waals surface area contributed by atoms with Gasteiger partial charge in [0, 0.05) is 6.04 Å². The predicted octanol–water partition coefficient (Wildman–Crippen LogP) is 0.334. The van der Waals surface area contributed by atoms with Crippen LogP contribution in [-0.4, -0.2) is 41.2 Å². The molecule has 0 unspecified atom stereocenters. The van der Waals surface area contributed by atoms with Crippen LogP contribution in [0.2, 0.25) is 5.82 Å². The molecule has 1 aliphatic rings. The van der Waals surface area contributed by atoms with Crippen LogP contribution in [0.25, 0.3) is 0 Å². The zero-order chi connectivity index (χ0) is 9.14. The van der Waals surface area contributed by atoms with E-state index < -0.39 is 7.12 Å². The molecule has 1 rings (SSSR count). The van der Waals surface area contributed by atoms with Crippen LogP contribution >= 0.6 is 0 Å². The smallest absolute Gasteiger partial charge is 0.427 e. The largest absolute Gasteiger partial charge is 0.454 e. The van der Waals surface area contributed by atoms with Crippen molar-refractivity contribution in [2.24, 2.45) is 0 Å². The first kappa shape index (κ1) is 10.0. The molecule has 0 aromatic heterocycles. The van der Waals surface area contributed by atoms with E-state index in [0.29, 0.717) is 6.04 Å². The van der Waals surface area contributed by atoms with Gasteiger partial charge in [-0.25, -0.2) is 0 Å². The first-order valence-electron chi connectivity index (χ1n) is 4.71. The summed E-state index contributed by atoms with van der Waals surface area (Å²) < 4.78 is 0. The molecular weight excluding hydrogens is 153 g/mol. The molecule has 0 bridgehead atoms. The molecule has 1 aliphatic heterocycles. The highest BCUT2D eigenvalue weighted by Crippen LogP contribution is 2.24. The quantitative estimate of drug-likeness (QED) is 0.588. The average molecular weight is 171 g/mol. The van der Waals surface area contributed by atoms with E-state index in [1.165, 1.54) is 0 Å². The summed E-state index contributed by atoms with van der Waals surface area (Å²) in [6.45, 7) is 6.35. The summed E-state index contributed by atoms with van der Waals surface area (Å²) in [6, 6.07) is 0.585. The van der Waals surface area contributed by atoms with Gasteiger partial charge in [-0.1, -0.05) is 0 Å². The Labute approximate surface area is 74.5 Å². The summed E-state index contributed by atoms with van der Waals surface area (Å²) in [6.07, 6.45) is 1.83. The van der Waals surface area contributed by atoms with Crippen molar-refractivity contribution in [1.82, 2.24) is 4.90 Å². The Morgan fingerprint density at radius 1 is 1.25 bits per heavy atom. The van der Waals surface area contributed by atoms with E-state index >= 15 is 0 Å². The Balaban J connectivity index is 2.30. The first-order valence-corrected chi connectivity index (χ1v) is 4.71. The van der Waals surface area contributed by atoms with Crippen molar-refractivity contribution in [3.63, 3.8) is 0 Å². The number of nitrogens with zero attached hydrogens (tertiary/aromatic N) is 1. The number of piperidine rings is 1. The first-order chi connectivity index (χ1) is 5.61. The lowest BCUT2D eigenvalue weighted by atomic mass is 9.67. The summed E-state index contributed by atoms with van der Waals surface area (Å²) in [4.78, 5) is 2.37. The molecule has 4 heteroatoms. The van der Waals surface area contributed by atoms with Crippen LogP contribution in [-0.2, 0) is 0 Å². The fourth-order valence-electron chi connectivity index (χ4n) is 1.73. The summed E-state index contributed by atoms with van der Waals surface area (Å²) in [5.74, 6) is 0.0972. The Morgan fingerprint density at radius 3 is 2.08 bits per heavy atom. The van der Waals surface area contributed by atoms with Gasteiger partial charge in [-0.2, -0.15) is 0 Å². The lowest BCUT2D eigenvalue weighted by molar-refractivity contribution is 0.175. The number of hydrogen-bond acceptors (Lipinski definition) is 3. The molecule has 70 valence electrons. The Bertz CT molecular complexity index is 117. The minimum atomic E-state index is -1.11.